The van der Waals surface area contributed by atoms with Crippen molar-refractivity contribution in [2.24, 2.45) is 0 Å². The lowest BCUT2D eigenvalue weighted by Gasteiger charge is -2.36. The third-order valence-electron chi connectivity index (χ3n) is 7.02. The summed E-state index contributed by atoms with van der Waals surface area (Å²) in [7, 11) is 5.63. The molecule has 2 aliphatic rings. The first-order valence-electron chi connectivity index (χ1n) is 11.5. The minimum absolute atomic E-state index is 0.203. The topological polar surface area (TPSA) is 53.1 Å². The van der Waals surface area contributed by atoms with E-state index in [2.05, 4.69) is 11.9 Å². The van der Waals surface area contributed by atoms with Crippen LogP contribution in [-0.4, -0.2) is 62.0 Å². The van der Waals surface area contributed by atoms with E-state index in [0.29, 0.717) is 22.7 Å². The van der Waals surface area contributed by atoms with E-state index in [1.807, 2.05) is 63.1 Å². The molecule has 0 aromatic heterocycles. The van der Waals surface area contributed by atoms with Gasteiger partial charge in [-0.3, -0.25) is 9.59 Å². The highest BCUT2D eigenvalue weighted by atomic mass is 16.5. The lowest BCUT2D eigenvalue weighted by atomic mass is 9.97. The van der Waals surface area contributed by atoms with Crippen molar-refractivity contribution in [3.63, 3.8) is 0 Å². The molecule has 0 atom stereocenters. The number of rotatable bonds is 5. The van der Waals surface area contributed by atoms with Crippen molar-refractivity contribution in [2.75, 3.05) is 39.2 Å². The monoisotopic (exact) mass is 447 g/mol. The summed E-state index contributed by atoms with van der Waals surface area (Å²) in [6, 6.07) is 11.7. The van der Waals surface area contributed by atoms with Gasteiger partial charge in [0.15, 0.2) is 0 Å². The predicted octanol–water partition coefficient (Wildman–Crippen LogP) is 3.93. The molecule has 0 radical (unpaired) electrons. The molecule has 0 N–H and O–H groups in total. The number of carbonyl (C=O) groups excluding carboxylic acids is 2. The van der Waals surface area contributed by atoms with Crippen LogP contribution in [0.15, 0.2) is 42.1 Å². The molecule has 1 saturated heterocycles. The van der Waals surface area contributed by atoms with E-state index in [1.54, 1.807) is 13.2 Å². The number of methoxy groups -OCH3 is 1. The number of ether oxygens (including phenoxy) is 1. The Bertz CT molecular complexity index is 1130. The summed E-state index contributed by atoms with van der Waals surface area (Å²) in [5, 5.41) is 0. The Morgan fingerprint density at radius 2 is 1.64 bits per heavy atom. The van der Waals surface area contributed by atoms with Crippen molar-refractivity contribution in [3.05, 3.63) is 64.3 Å². The maximum atomic E-state index is 13.9. The van der Waals surface area contributed by atoms with Crippen LogP contribution in [0.25, 0.3) is 5.57 Å². The van der Waals surface area contributed by atoms with Gasteiger partial charge in [-0.25, -0.2) is 4.90 Å². The second kappa shape index (κ2) is 9.02. The van der Waals surface area contributed by atoms with Gasteiger partial charge >= 0.3 is 0 Å². The molecule has 0 spiro atoms. The molecule has 2 amide bonds. The zero-order chi connectivity index (χ0) is 23.9. The predicted molar refractivity (Wildman–Crippen MR) is 131 cm³/mol. The Hall–Kier alpha value is -3.12. The minimum Gasteiger partial charge on any atom is -0.495 e. The molecule has 0 bridgehead atoms. The fourth-order valence-electron chi connectivity index (χ4n) is 4.76. The first-order valence-corrected chi connectivity index (χ1v) is 11.5. The Morgan fingerprint density at radius 3 is 2.27 bits per heavy atom. The van der Waals surface area contributed by atoms with Crippen LogP contribution in [0.2, 0.25) is 0 Å². The van der Waals surface area contributed by atoms with Gasteiger partial charge in [0.1, 0.15) is 11.4 Å². The van der Waals surface area contributed by atoms with E-state index in [9.17, 15) is 9.59 Å². The Labute approximate surface area is 196 Å². The normalized spacial score (nSPS) is 17.8. The smallest absolute Gasteiger partial charge is 0.282 e. The van der Waals surface area contributed by atoms with Crippen LogP contribution in [-0.2, 0) is 9.59 Å². The number of hydrogen-bond acceptors (Lipinski definition) is 5. The van der Waals surface area contributed by atoms with Gasteiger partial charge in [0.05, 0.1) is 18.4 Å². The standard InChI is InChI=1S/C27H33N3O3/c1-17-7-10-23(33-6)22(15-17)30-26(31)24(20-9-8-18(2)19(3)16-20)25(27(30)32)29(5)21-11-13-28(4)14-12-21/h7-10,15-16,21H,11-14H2,1-6H3. The van der Waals surface area contributed by atoms with Gasteiger partial charge in [-0.15, -0.1) is 0 Å². The van der Waals surface area contributed by atoms with Crippen LogP contribution in [0.1, 0.15) is 35.1 Å². The SMILES string of the molecule is COc1ccc(C)cc1N1C(=O)C(c2ccc(C)c(C)c2)=C(N(C)C2CCN(C)CC2)C1=O. The van der Waals surface area contributed by atoms with E-state index >= 15 is 0 Å². The van der Waals surface area contributed by atoms with E-state index in [0.717, 1.165) is 48.2 Å². The van der Waals surface area contributed by atoms with Crippen LogP contribution in [0.5, 0.6) is 5.75 Å². The molecular formula is C27H33N3O3. The number of anilines is 1. The lowest BCUT2D eigenvalue weighted by Crippen LogP contribution is -2.43. The average molecular weight is 448 g/mol. The molecule has 6 nitrogen and oxygen atoms in total. The van der Waals surface area contributed by atoms with Crippen molar-refractivity contribution < 1.29 is 14.3 Å². The summed E-state index contributed by atoms with van der Waals surface area (Å²) in [4.78, 5) is 33.4. The van der Waals surface area contributed by atoms with Crippen LogP contribution < -0.4 is 9.64 Å². The number of carbonyl (C=O) groups is 2. The van der Waals surface area contributed by atoms with Gasteiger partial charge in [-0.05, 0) is 88.1 Å². The van der Waals surface area contributed by atoms with E-state index < -0.39 is 0 Å². The zero-order valence-corrected chi connectivity index (χ0v) is 20.4. The largest absolute Gasteiger partial charge is 0.495 e. The summed E-state index contributed by atoms with van der Waals surface area (Å²) < 4.78 is 5.53. The quantitative estimate of drug-likeness (QED) is 0.650. The number of likely N-dealkylation sites (tertiary alicyclic amines) is 1. The maximum Gasteiger partial charge on any atom is 0.282 e. The van der Waals surface area contributed by atoms with E-state index in [1.165, 1.54) is 4.90 Å². The molecule has 2 aromatic carbocycles. The molecule has 2 aliphatic heterocycles. The highest BCUT2D eigenvalue weighted by molar-refractivity contribution is 6.45. The second-order valence-electron chi connectivity index (χ2n) is 9.29. The van der Waals surface area contributed by atoms with Gasteiger partial charge in [0.25, 0.3) is 11.8 Å². The number of imide groups is 1. The molecule has 174 valence electrons. The van der Waals surface area contributed by atoms with Crippen molar-refractivity contribution in [2.45, 2.75) is 39.7 Å². The first kappa shape index (κ1) is 23.1. The molecule has 0 unspecified atom stereocenters. The molecule has 33 heavy (non-hydrogen) atoms. The van der Waals surface area contributed by atoms with Gasteiger partial charge in [0.2, 0.25) is 0 Å². The molecule has 0 saturated carbocycles. The molecule has 1 fully saturated rings. The highest BCUT2D eigenvalue weighted by Crippen LogP contribution is 2.40. The fourth-order valence-corrected chi connectivity index (χ4v) is 4.76. The highest BCUT2D eigenvalue weighted by Gasteiger charge is 2.44. The van der Waals surface area contributed by atoms with Crippen molar-refractivity contribution in [3.8, 4) is 5.75 Å². The van der Waals surface area contributed by atoms with Crippen LogP contribution in [0.4, 0.5) is 5.69 Å². The number of aryl methyl sites for hydroxylation is 3. The Morgan fingerprint density at radius 1 is 0.939 bits per heavy atom. The van der Waals surface area contributed by atoms with Gasteiger partial charge in [0, 0.05) is 13.1 Å². The molecule has 2 aromatic rings. The zero-order valence-electron chi connectivity index (χ0n) is 20.4. The Kier molecular flexibility index (Phi) is 6.30. The summed E-state index contributed by atoms with van der Waals surface area (Å²) >= 11 is 0. The summed E-state index contributed by atoms with van der Waals surface area (Å²) in [5.41, 5.74) is 5.40. The molecular weight excluding hydrogens is 414 g/mol. The number of benzene rings is 2. The molecule has 6 heteroatoms. The number of nitrogens with zero attached hydrogens (tertiary/aromatic N) is 3. The number of amides is 2. The Balaban J connectivity index is 1.85. The van der Waals surface area contributed by atoms with Gasteiger partial charge < -0.3 is 14.5 Å². The van der Waals surface area contributed by atoms with Crippen molar-refractivity contribution >= 4 is 23.1 Å². The summed E-state index contributed by atoms with van der Waals surface area (Å²) in [5.74, 6) is -0.0922. The maximum absolute atomic E-state index is 13.9. The molecule has 2 heterocycles. The van der Waals surface area contributed by atoms with Crippen molar-refractivity contribution in [1.82, 2.24) is 9.80 Å². The molecule has 0 aliphatic carbocycles. The van der Waals surface area contributed by atoms with E-state index in [-0.39, 0.29) is 17.9 Å². The number of piperidine rings is 1. The minimum atomic E-state index is -0.304. The summed E-state index contributed by atoms with van der Waals surface area (Å²) in [6.07, 6.45) is 1.90. The number of hydrogen-bond donors (Lipinski definition) is 0. The van der Waals surface area contributed by atoms with E-state index in [4.69, 9.17) is 4.74 Å². The fraction of sp³-hybridized carbons (Fsp3) is 0.407. The van der Waals surface area contributed by atoms with Gasteiger partial charge in [-0.1, -0.05) is 24.3 Å². The van der Waals surface area contributed by atoms with Crippen LogP contribution in [0, 0.1) is 20.8 Å². The summed E-state index contributed by atoms with van der Waals surface area (Å²) in [6.45, 7) is 7.96. The van der Waals surface area contributed by atoms with Crippen LogP contribution in [0.3, 0.4) is 0 Å². The molecule has 4 rings (SSSR count). The third kappa shape index (κ3) is 4.15. The lowest BCUT2D eigenvalue weighted by molar-refractivity contribution is -0.120. The number of likely N-dealkylation sites (N-methyl/N-ethyl adjacent to an activating group) is 1. The third-order valence-corrected chi connectivity index (χ3v) is 7.02. The first-order chi connectivity index (χ1) is 15.7. The van der Waals surface area contributed by atoms with Gasteiger partial charge in [-0.2, -0.15) is 0 Å². The van der Waals surface area contributed by atoms with Crippen LogP contribution >= 0.6 is 0 Å². The average Bonchev–Trinajstić information content (AvgIpc) is 3.05. The second-order valence-corrected chi connectivity index (χ2v) is 9.29. The van der Waals surface area contributed by atoms with Crippen molar-refractivity contribution in [1.29, 1.82) is 0 Å².